The Labute approximate surface area is 180 Å². The van der Waals surface area contributed by atoms with Crippen LogP contribution in [0.1, 0.15) is 24.2 Å². The van der Waals surface area contributed by atoms with Crippen LogP contribution in [0.15, 0.2) is 50.4 Å². The number of rotatable bonds is 7. The molecule has 2 heterocycles. The highest BCUT2D eigenvalue weighted by Crippen LogP contribution is 2.29. The molecule has 2 aliphatic rings. The SMILES string of the molecule is CCN1CCS/C1=C\C=Nc1ccc(N=C/C=C2/SCCN2CC)cc1C(=O)O. The van der Waals surface area contributed by atoms with Crippen molar-refractivity contribution in [1.82, 2.24) is 9.80 Å². The largest absolute Gasteiger partial charge is 0.478 e. The van der Waals surface area contributed by atoms with Crippen LogP contribution in [0.2, 0.25) is 0 Å². The molecule has 0 aromatic heterocycles. The summed E-state index contributed by atoms with van der Waals surface area (Å²) >= 11 is 3.61. The zero-order valence-corrected chi connectivity index (χ0v) is 18.4. The second kappa shape index (κ2) is 10.5. The van der Waals surface area contributed by atoms with Crippen LogP contribution in [0.4, 0.5) is 11.4 Å². The Balaban J connectivity index is 1.74. The molecule has 0 aliphatic carbocycles. The molecule has 0 spiro atoms. The fourth-order valence-corrected chi connectivity index (χ4v) is 5.28. The minimum Gasteiger partial charge on any atom is -0.478 e. The van der Waals surface area contributed by atoms with E-state index in [0.717, 1.165) is 37.7 Å². The number of carboxylic acid groups (broad SMARTS) is 1. The fraction of sp³-hybridized carbons (Fsp3) is 0.381. The summed E-state index contributed by atoms with van der Waals surface area (Å²) in [5.41, 5.74) is 1.19. The van der Waals surface area contributed by atoms with Crippen LogP contribution in [-0.4, -0.2) is 71.0 Å². The van der Waals surface area contributed by atoms with Gasteiger partial charge in [-0.25, -0.2) is 4.79 Å². The Hall–Kier alpha value is -2.19. The summed E-state index contributed by atoms with van der Waals surface area (Å²) in [5.74, 6) is 1.16. The lowest BCUT2D eigenvalue weighted by Gasteiger charge is -2.14. The zero-order chi connectivity index (χ0) is 20.6. The fourth-order valence-electron chi connectivity index (χ4n) is 3.12. The van der Waals surface area contributed by atoms with Gasteiger partial charge in [0.25, 0.3) is 0 Å². The molecular formula is C21H26N4O2S2. The molecule has 29 heavy (non-hydrogen) atoms. The molecule has 1 aromatic carbocycles. The molecule has 6 nitrogen and oxygen atoms in total. The van der Waals surface area contributed by atoms with E-state index in [2.05, 4.69) is 33.6 Å². The van der Waals surface area contributed by atoms with Gasteiger partial charge < -0.3 is 14.9 Å². The molecule has 8 heteroatoms. The molecule has 2 aliphatic heterocycles. The van der Waals surface area contributed by atoms with E-state index in [1.165, 1.54) is 10.1 Å². The van der Waals surface area contributed by atoms with Gasteiger partial charge in [0.15, 0.2) is 0 Å². The Morgan fingerprint density at radius 2 is 1.62 bits per heavy atom. The number of hydrogen-bond acceptors (Lipinski definition) is 7. The van der Waals surface area contributed by atoms with Crippen LogP contribution in [-0.2, 0) is 0 Å². The molecule has 0 saturated carbocycles. The first-order chi connectivity index (χ1) is 14.1. The van der Waals surface area contributed by atoms with Gasteiger partial charge in [0.05, 0.1) is 27.0 Å². The van der Waals surface area contributed by atoms with Crippen molar-refractivity contribution < 1.29 is 9.90 Å². The standard InChI is InChI=1S/C21H26N4O2S2/c1-3-24-11-13-28-19(24)7-9-22-16-5-6-18(17(15-16)21(26)27)23-10-8-20-25(4-2)12-14-29-20/h5-10,15H,3-4,11-14H2,1-2H3,(H,26,27)/b19-7+,20-8-,22-9?,23-10?. The predicted octanol–water partition coefficient (Wildman–Crippen LogP) is 4.61. The molecule has 2 fully saturated rings. The van der Waals surface area contributed by atoms with Crippen molar-refractivity contribution in [3.8, 4) is 0 Å². The number of nitrogens with zero attached hydrogens (tertiary/aromatic N) is 4. The lowest BCUT2D eigenvalue weighted by molar-refractivity contribution is 0.0698. The van der Waals surface area contributed by atoms with Crippen molar-refractivity contribution in [2.75, 3.05) is 37.7 Å². The highest BCUT2D eigenvalue weighted by Gasteiger charge is 2.15. The first-order valence-electron chi connectivity index (χ1n) is 9.74. The number of carbonyl (C=O) groups is 1. The first kappa shape index (κ1) is 21.5. The summed E-state index contributed by atoms with van der Waals surface area (Å²) < 4.78 is 0. The second-order valence-corrected chi connectivity index (χ2v) is 8.66. The molecule has 0 radical (unpaired) electrons. The normalized spacial score (nSPS) is 20.2. The van der Waals surface area contributed by atoms with Gasteiger partial charge in [0.1, 0.15) is 0 Å². The highest BCUT2D eigenvalue weighted by atomic mass is 32.2. The van der Waals surface area contributed by atoms with Crippen molar-refractivity contribution in [3.05, 3.63) is 46.0 Å². The molecular weight excluding hydrogens is 404 g/mol. The Morgan fingerprint density at radius 3 is 2.17 bits per heavy atom. The van der Waals surface area contributed by atoms with Gasteiger partial charge in [-0.05, 0) is 44.2 Å². The molecule has 0 amide bonds. The van der Waals surface area contributed by atoms with Crippen molar-refractivity contribution in [3.63, 3.8) is 0 Å². The second-order valence-electron chi connectivity index (χ2n) is 6.43. The smallest absolute Gasteiger partial charge is 0.337 e. The monoisotopic (exact) mass is 430 g/mol. The van der Waals surface area contributed by atoms with Crippen molar-refractivity contribution in [2.45, 2.75) is 13.8 Å². The van der Waals surface area contributed by atoms with E-state index >= 15 is 0 Å². The van der Waals surface area contributed by atoms with Crippen molar-refractivity contribution in [1.29, 1.82) is 0 Å². The summed E-state index contributed by atoms with van der Waals surface area (Å²) in [6.45, 7) is 8.30. The van der Waals surface area contributed by atoms with Gasteiger partial charge in [0, 0.05) is 50.1 Å². The van der Waals surface area contributed by atoms with Crippen LogP contribution >= 0.6 is 23.5 Å². The van der Waals surface area contributed by atoms with E-state index < -0.39 is 5.97 Å². The average molecular weight is 431 g/mol. The van der Waals surface area contributed by atoms with E-state index in [9.17, 15) is 9.90 Å². The molecule has 2 saturated heterocycles. The predicted molar refractivity (Wildman–Crippen MR) is 125 cm³/mol. The van der Waals surface area contributed by atoms with Crippen LogP contribution in [0.5, 0.6) is 0 Å². The van der Waals surface area contributed by atoms with Gasteiger partial charge in [-0.2, -0.15) is 0 Å². The van der Waals surface area contributed by atoms with Gasteiger partial charge in [-0.1, -0.05) is 0 Å². The summed E-state index contributed by atoms with van der Waals surface area (Å²) in [5, 5.41) is 11.9. The van der Waals surface area contributed by atoms with Crippen LogP contribution < -0.4 is 0 Å². The molecule has 1 N–H and O–H groups in total. The molecule has 0 unspecified atom stereocenters. The summed E-state index contributed by atoms with van der Waals surface area (Å²) in [6.07, 6.45) is 7.35. The van der Waals surface area contributed by atoms with Crippen molar-refractivity contribution in [2.24, 2.45) is 9.98 Å². The number of aromatic carboxylic acids is 1. The molecule has 154 valence electrons. The maximum absolute atomic E-state index is 11.7. The highest BCUT2D eigenvalue weighted by molar-refractivity contribution is 8.03. The number of aliphatic imine (C=N–C) groups is 2. The van der Waals surface area contributed by atoms with Crippen LogP contribution in [0.25, 0.3) is 0 Å². The molecule has 1 aromatic rings. The van der Waals surface area contributed by atoms with E-state index in [-0.39, 0.29) is 5.56 Å². The Kier molecular flexibility index (Phi) is 7.83. The van der Waals surface area contributed by atoms with Gasteiger partial charge >= 0.3 is 5.97 Å². The maximum atomic E-state index is 11.7. The Morgan fingerprint density at radius 1 is 1.03 bits per heavy atom. The van der Waals surface area contributed by atoms with Crippen LogP contribution in [0, 0.1) is 0 Å². The van der Waals surface area contributed by atoms with E-state index in [1.54, 1.807) is 42.4 Å². The Bertz CT molecular complexity index is 864. The third kappa shape index (κ3) is 5.67. The summed E-state index contributed by atoms with van der Waals surface area (Å²) in [7, 11) is 0. The molecule has 0 bridgehead atoms. The average Bonchev–Trinajstić information content (AvgIpc) is 3.37. The van der Waals surface area contributed by atoms with Crippen molar-refractivity contribution >= 4 is 53.3 Å². The van der Waals surface area contributed by atoms with Gasteiger partial charge in [-0.15, -0.1) is 23.5 Å². The lowest BCUT2D eigenvalue weighted by Crippen LogP contribution is -2.17. The first-order valence-corrected chi connectivity index (χ1v) is 11.7. The van der Waals surface area contributed by atoms with Crippen LogP contribution in [0.3, 0.4) is 0 Å². The summed E-state index contributed by atoms with van der Waals surface area (Å²) in [6, 6.07) is 5.07. The van der Waals surface area contributed by atoms with E-state index in [4.69, 9.17) is 0 Å². The minimum absolute atomic E-state index is 0.152. The number of carboxylic acids is 1. The van der Waals surface area contributed by atoms with E-state index in [1.807, 2.05) is 23.9 Å². The molecule has 0 atom stereocenters. The summed E-state index contributed by atoms with van der Waals surface area (Å²) in [4.78, 5) is 25.0. The minimum atomic E-state index is -1.01. The number of allylic oxidation sites excluding steroid dienone is 2. The molecule has 3 rings (SSSR count). The third-order valence-corrected chi connectivity index (χ3v) is 6.84. The quantitative estimate of drug-likeness (QED) is 0.637. The number of hydrogen-bond donors (Lipinski definition) is 1. The zero-order valence-electron chi connectivity index (χ0n) is 16.7. The lowest BCUT2D eigenvalue weighted by atomic mass is 10.1. The van der Waals surface area contributed by atoms with E-state index in [0.29, 0.717) is 11.4 Å². The van der Waals surface area contributed by atoms with Gasteiger partial charge in [0.2, 0.25) is 0 Å². The maximum Gasteiger partial charge on any atom is 0.337 e. The topological polar surface area (TPSA) is 68.5 Å². The number of thioether (sulfide) groups is 2. The van der Waals surface area contributed by atoms with Gasteiger partial charge in [-0.3, -0.25) is 9.98 Å². The number of benzene rings is 1. The third-order valence-electron chi connectivity index (χ3n) is 4.69.